The van der Waals surface area contributed by atoms with Gasteiger partial charge in [0.2, 0.25) is 0 Å². The molecule has 4 nitrogen and oxygen atoms in total. The number of fused-ring (bicyclic) bond motifs is 1. The van der Waals surface area contributed by atoms with Gasteiger partial charge >= 0.3 is 86.7 Å². The van der Waals surface area contributed by atoms with Gasteiger partial charge in [-0.3, -0.25) is 0 Å². The van der Waals surface area contributed by atoms with Crippen molar-refractivity contribution in [1.29, 1.82) is 0 Å². The summed E-state index contributed by atoms with van der Waals surface area (Å²) in [6.45, 7) is 0. The second kappa shape index (κ2) is 3.42. The molecular formula is C8H4BiO4. The minimum atomic E-state index is -1.84. The number of rotatable bonds is 0. The number of carbonyl (C=O) groups is 2. The zero-order valence-electron chi connectivity index (χ0n) is 6.39. The van der Waals surface area contributed by atoms with Gasteiger partial charge in [-0.2, -0.15) is 0 Å². The van der Waals surface area contributed by atoms with Gasteiger partial charge in [-0.15, -0.1) is 0 Å². The molecule has 0 amide bonds. The van der Waals surface area contributed by atoms with E-state index >= 15 is 0 Å². The third-order valence-electron chi connectivity index (χ3n) is 1.61. The van der Waals surface area contributed by atoms with Crippen LogP contribution in [0.5, 0.6) is 0 Å². The van der Waals surface area contributed by atoms with Crippen LogP contribution in [0.4, 0.5) is 0 Å². The summed E-state index contributed by atoms with van der Waals surface area (Å²) in [4.78, 5) is 22.5. The zero-order chi connectivity index (χ0) is 9.26. The molecule has 1 aromatic rings. The van der Waals surface area contributed by atoms with E-state index in [1.54, 1.807) is 24.3 Å². The number of carbonyl (C=O) groups excluding carboxylic acids is 2. The Labute approximate surface area is 86.6 Å². The molecule has 2 rings (SSSR count). The molecule has 0 unspecified atom stereocenters. The summed E-state index contributed by atoms with van der Waals surface area (Å²) < 4.78 is 9.60. The van der Waals surface area contributed by atoms with E-state index in [0.29, 0.717) is 11.1 Å². The van der Waals surface area contributed by atoms with Crippen LogP contribution in [0.2, 0.25) is 0 Å². The van der Waals surface area contributed by atoms with E-state index in [0.717, 1.165) is 0 Å². The molecule has 65 valence electrons. The van der Waals surface area contributed by atoms with E-state index in [-0.39, 0.29) is 0 Å². The molecule has 0 N–H and O–H groups in total. The maximum atomic E-state index is 11.2. The second-order valence-corrected chi connectivity index (χ2v) is 4.38. The van der Waals surface area contributed by atoms with Crippen molar-refractivity contribution < 1.29 is 15.2 Å². The molecule has 0 aliphatic carbocycles. The summed E-state index contributed by atoms with van der Waals surface area (Å²) in [5.41, 5.74) is 0.600. The monoisotopic (exact) mass is 373 g/mol. The molecule has 13 heavy (non-hydrogen) atoms. The predicted molar refractivity (Wildman–Crippen MR) is 43.0 cm³/mol. The Morgan fingerprint density at radius 1 is 0.923 bits per heavy atom. The molecule has 1 aliphatic heterocycles. The van der Waals surface area contributed by atoms with Crippen molar-refractivity contribution in [3.05, 3.63) is 35.4 Å². The van der Waals surface area contributed by atoms with Crippen LogP contribution in [-0.4, -0.2) is 36.1 Å². The molecule has 1 radical (unpaired) electrons. The predicted octanol–water partition coefficient (Wildman–Crippen LogP) is 0.548. The van der Waals surface area contributed by atoms with Crippen molar-refractivity contribution in [3.63, 3.8) is 0 Å². The van der Waals surface area contributed by atoms with Crippen LogP contribution >= 0.6 is 0 Å². The molecule has 0 aromatic heterocycles. The summed E-state index contributed by atoms with van der Waals surface area (Å²) in [5, 5.41) is 0. The summed E-state index contributed by atoms with van der Waals surface area (Å²) in [6.07, 6.45) is 0. The maximum absolute atomic E-state index is 11.2. The molecule has 0 spiro atoms. The second-order valence-electron chi connectivity index (χ2n) is 2.38. The molecule has 1 aromatic carbocycles. The van der Waals surface area contributed by atoms with Crippen LogP contribution in [0, 0.1) is 0 Å². The first-order valence-corrected chi connectivity index (χ1v) is 6.35. The molecular weight excluding hydrogens is 369 g/mol. The van der Waals surface area contributed by atoms with Gasteiger partial charge in [0, 0.05) is 0 Å². The Morgan fingerprint density at radius 2 is 1.38 bits per heavy atom. The van der Waals surface area contributed by atoms with Gasteiger partial charge < -0.3 is 0 Å². The Balaban J connectivity index is 2.57. The Morgan fingerprint density at radius 3 is 1.85 bits per heavy atom. The summed E-state index contributed by atoms with van der Waals surface area (Å²) in [7, 11) is 0. The molecule has 0 saturated heterocycles. The molecule has 0 bridgehead atoms. The quantitative estimate of drug-likeness (QED) is 0.624. The normalized spacial score (nSPS) is 15.4. The molecule has 1 aliphatic rings. The van der Waals surface area contributed by atoms with E-state index in [4.69, 9.17) is 5.63 Å². The van der Waals surface area contributed by atoms with Crippen molar-refractivity contribution in [2.45, 2.75) is 0 Å². The van der Waals surface area contributed by atoms with Gasteiger partial charge in [0.1, 0.15) is 0 Å². The van der Waals surface area contributed by atoms with E-state index in [9.17, 15) is 9.59 Å². The van der Waals surface area contributed by atoms with Crippen molar-refractivity contribution in [1.82, 2.24) is 0 Å². The Hall–Kier alpha value is -0.957. The summed E-state index contributed by atoms with van der Waals surface area (Å²) in [6, 6.07) is 6.49. The van der Waals surface area contributed by atoms with Crippen molar-refractivity contribution in [3.8, 4) is 0 Å². The summed E-state index contributed by atoms with van der Waals surface area (Å²) in [5.74, 6) is -0.892. The van der Waals surface area contributed by atoms with Crippen LogP contribution < -0.4 is 0 Å². The van der Waals surface area contributed by atoms with Crippen molar-refractivity contribution >= 4 is 36.1 Å². The van der Waals surface area contributed by atoms with Crippen LogP contribution in [-0.2, 0) is 5.63 Å². The molecule has 5 heteroatoms. The number of hydrogen-bond acceptors (Lipinski definition) is 4. The zero-order valence-corrected chi connectivity index (χ0v) is 9.87. The van der Waals surface area contributed by atoms with Gasteiger partial charge in [-0.25, -0.2) is 0 Å². The van der Waals surface area contributed by atoms with Crippen LogP contribution in [0.15, 0.2) is 24.3 Å². The Kier molecular flexibility index (Phi) is 2.27. The summed E-state index contributed by atoms with van der Waals surface area (Å²) >= 11 is -1.84. The van der Waals surface area contributed by atoms with E-state index < -0.39 is 36.1 Å². The van der Waals surface area contributed by atoms with E-state index in [2.05, 4.69) is 0 Å². The van der Waals surface area contributed by atoms with Crippen LogP contribution in [0.25, 0.3) is 0 Å². The molecule has 0 fully saturated rings. The van der Waals surface area contributed by atoms with Gasteiger partial charge in [-0.05, 0) is 0 Å². The minimum absolute atomic E-state index is 0.300. The number of benzene rings is 1. The first kappa shape index (κ1) is 8.63. The average molecular weight is 373 g/mol. The van der Waals surface area contributed by atoms with Gasteiger partial charge in [-0.1, -0.05) is 0 Å². The average Bonchev–Trinajstić information content (AvgIpc) is 2.29. The molecule has 1 heterocycles. The van der Waals surface area contributed by atoms with Gasteiger partial charge in [0.15, 0.2) is 0 Å². The SMILES string of the molecule is O=C1[O][Bi][O]C(=O)c2ccccc21. The standard InChI is InChI=1S/C8H6O4.Bi/c9-7(10)5-3-1-2-4-6(5)8(11)12;/h1-4H,(H,9,10)(H,11,12);/q;+2/p-2. The van der Waals surface area contributed by atoms with Gasteiger partial charge in [0.05, 0.1) is 0 Å². The Bertz CT molecular complexity index is 339. The van der Waals surface area contributed by atoms with Gasteiger partial charge in [0.25, 0.3) is 0 Å². The molecule has 0 atom stereocenters. The van der Waals surface area contributed by atoms with E-state index in [1.165, 1.54) is 0 Å². The molecule has 0 saturated carbocycles. The van der Waals surface area contributed by atoms with Crippen LogP contribution in [0.1, 0.15) is 20.7 Å². The first-order valence-electron chi connectivity index (χ1n) is 3.51. The first-order chi connectivity index (χ1) is 6.29. The fourth-order valence-electron chi connectivity index (χ4n) is 1.02. The third kappa shape index (κ3) is 1.56. The van der Waals surface area contributed by atoms with Crippen LogP contribution in [0.3, 0.4) is 0 Å². The fourth-order valence-corrected chi connectivity index (χ4v) is 2.46. The van der Waals surface area contributed by atoms with E-state index in [1.807, 2.05) is 0 Å². The number of hydrogen-bond donors (Lipinski definition) is 0. The topological polar surface area (TPSA) is 52.6 Å². The third-order valence-corrected chi connectivity index (χ3v) is 3.48. The fraction of sp³-hybridized carbons (Fsp3) is 0. The van der Waals surface area contributed by atoms with Crippen molar-refractivity contribution in [2.75, 3.05) is 0 Å². The van der Waals surface area contributed by atoms with Crippen molar-refractivity contribution in [2.24, 2.45) is 0 Å².